The highest BCUT2D eigenvalue weighted by molar-refractivity contribution is 9.10. The molecule has 1 aromatic rings. The lowest BCUT2D eigenvalue weighted by Gasteiger charge is -2.20. The Kier molecular flexibility index (Phi) is 3.73. The Hall–Kier alpha value is -0.610. The van der Waals surface area contributed by atoms with E-state index in [0.29, 0.717) is 4.99 Å². The number of anilines is 1. The molecule has 1 fully saturated rings. The van der Waals surface area contributed by atoms with Crippen molar-refractivity contribution in [1.29, 1.82) is 0 Å². The molecule has 2 atom stereocenters. The fraction of sp³-hybridized carbons (Fsp3) is 0.462. The number of nitrogens with two attached hydrogens (primary N) is 1. The van der Waals surface area contributed by atoms with Crippen molar-refractivity contribution in [2.24, 2.45) is 17.6 Å². The summed E-state index contributed by atoms with van der Waals surface area (Å²) < 4.78 is 1.07. The third-order valence-electron chi connectivity index (χ3n) is 3.56. The molecule has 0 spiro atoms. The lowest BCUT2D eigenvalue weighted by atomic mass is 10.0. The van der Waals surface area contributed by atoms with Crippen molar-refractivity contribution in [3.8, 4) is 0 Å². The van der Waals surface area contributed by atoms with Crippen LogP contribution in [0.15, 0.2) is 22.7 Å². The van der Waals surface area contributed by atoms with E-state index < -0.39 is 0 Å². The van der Waals surface area contributed by atoms with Gasteiger partial charge in [0.1, 0.15) is 4.99 Å². The minimum Gasteiger partial charge on any atom is -0.389 e. The number of halogens is 1. The van der Waals surface area contributed by atoms with Crippen LogP contribution in [0.3, 0.4) is 0 Å². The van der Waals surface area contributed by atoms with Crippen LogP contribution in [0.5, 0.6) is 0 Å². The number of hydrogen-bond donors (Lipinski definition) is 1. The molecule has 0 amide bonds. The number of thiocarbonyl (C=S) groups is 1. The maximum atomic E-state index is 5.63. The molecular weight excluding hydrogens is 296 g/mol. The Balaban J connectivity index is 2.26. The van der Waals surface area contributed by atoms with Gasteiger partial charge in [0.15, 0.2) is 0 Å². The normalized spacial score (nSPS) is 24.1. The molecule has 0 bridgehead atoms. The van der Waals surface area contributed by atoms with Gasteiger partial charge < -0.3 is 10.6 Å². The van der Waals surface area contributed by atoms with Crippen LogP contribution in [0.1, 0.15) is 19.4 Å². The minimum absolute atomic E-state index is 0.445. The van der Waals surface area contributed by atoms with Crippen LogP contribution in [0.2, 0.25) is 0 Å². The lowest BCUT2D eigenvalue weighted by Crippen LogP contribution is -2.20. The van der Waals surface area contributed by atoms with E-state index in [9.17, 15) is 0 Å². The van der Waals surface area contributed by atoms with Gasteiger partial charge in [-0.3, -0.25) is 0 Å². The molecule has 2 nitrogen and oxygen atoms in total. The topological polar surface area (TPSA) is 29.3 Å². The second-order valence-corrected chi connectivity index (χ2v) is 6.18. The highest BCUT2D eigenvalue weighted by Crippen LogP contribution is 2.33. The SMILES string of the molecule is CC1CN(c2ccc(C(N)=S)cc2Br)CC1C. The molecule has 1 saturated heterocycles. The smallest absolute Gasteiger partial charge is 0.104 e. The van der Waals surface area contributed by atoms with E-state index in [1.807, 2.05) is 12.1 Å². The van der Waals surface area contributed by atoms with Crippen LogP contribution in [0.25, 0.3) is 0 Å². The molecule has 0 aliphatic carbocycles. The second-order valence-electron chi connectivity index (χ2n) is 4.89. The summed E-state index contributed by atoms with van der Waals surface area (Å²) in [5, 5.41) is 0. The molecular formula is C13H17BrN2S. The Bertz CT molecular complexity index is 437. The Morgan fingerprint density at radius 2 is 1.94 bits per heavy atom. The van der Waals surface area contributed by atoms with Crippen LogP contribution in [-0.2, 0) is 0 Å². The van der Waals surface area contributed by atoms with E-state index in [-0.39, 0.29) is 0 Å². The van der Waals surface area contributed by atoms with Gasteiger partial charge in [-0.2, -0.15) is 0 Å². The Morgan fingerprint density at radius 3 is 2.41 bits per heavy atom. The van der Waals surface area contributed by atoms with Crippen molar-refractivity contribution >= 4 is 38.8 Å². The van der Waals surface area contributed by atoms with Gasteiger partial charge in [0, 0.05) is 23.1 Å². The molecule has 1 aliphatic heterocycles. The largest absolute Gasteiger partial charge is 0.389 e. The first-order valence-corrected chi connectivity index (χ1v) is 7.03. The van der Waals surface area contributed by atoms with Gasteiger partial charge >= 0.3 is 0 Å². The predicted molar refractivity (Wildman–Crippen MR) is 80.6 cm³/mol. The van der Waals surface area contributed by atoms with Gasteiger partial charge in [-0.25, -0.2) is 0 Å². The standard InChI is InChI=1S/C13H17BrN2S/c1-8-6-16(7-9(8)2)12-4-3-10(13(15)17)5-11(12)14/h3-5,8-9H,6-7H2,1-2H3,(H2,15,17). The number of hydrogen-bond acceptors (Lipinski definition) is 2. The van der Waals surface area contributed by atoms with Gasteiger partial charge in [0.05, 0.1) is 5.69 Å². The summed E-state index contributed by atoms with van der Waals surface area (Å²) in [7, 11) is 0. The van der Waals surface area contributed by atoms with E-state index in [4.69, 9.17) is 18.0 Å². The van der Waals surface area contributed by atoms with Gasteiger partial charge in [0.2, 0.25) is 0 Å². The lowest BCUT2D eigenvalue weighted by molar-refractivity contribution is 0.494. The molecule has 2 N–H and O–H groups in total. The highest BCUT2D eigenvalue weighted by atomic mass is 79.9. The summed E-state index contributed by atoms with van der Waals surface area (Å²) in [4.78, 5) is 2.86. The fourth-order valence-corrected chi connectivity index (χ4v) is 3.00. The quantitative estimate of drug-likeness (QED) is 0.850. The van der Waals surface area contributed by atoms with Crippen LogP contribution in [0.4, 0.5) is 5.69 Å². The highest BCUT2D eigenvalue weighted by Gasteiger charge is 2.27. The van der Waals surface area contributed by atoms with Crippen LogP contribution >= 0.6 is 28.1 Å². The zero-order chi connectivity index (χ0) is 12.6. The monoisotopic (exact) mass is 312 g/mol. The summed E-state index contributed by atoms with van der Waals surface area (Å²) >= 11 is 8.59. The molecule has 1 heterocycles. The zero-order valence-electron chi connectivity index (χ0n) is 10.1. The van der Waals surface area contributed by atoms with E-state index in [0.717, 1.165) is 35.0 Å². The van der Waals surface area contributed by atoms with Crippen molar-refractivity contribution in [3.63, 3.8) is 0 Å². The first-order chi connectivity index (χ1) is 7.99. The molecule has 17 heavy (non-hydrogen) atoms. The average molecular weight is 313 g/mol. The van der Waals surface area contributed by atoms with Crippen molar-refractivity contribution in [1.82, 2.24) is 0 Å². The van der Waals surface area contributed by atoms with Gasteiger partial charge in [0.25, 0.3) is 0 Å². The molecule has 92 valence electrons. The summed E-state index contributed by atoms with van der Waals surface area (Å²) in [6, 6.07) is 6.10. The van der Waals surface area contributed by atoms with E-state index in [2.05, 4.69) is 40.7 Å². The number of rotatable bonds is 2. The average Bonchev–Trinajstić information content (AvgIpc) is 2.58. The maximum Gasteiger partial charge on any atom is 0.104 e. The van der Waals surface area contributed by atoms with E-state index in [1.165, 1.54) is 5.69 Å². The molecule has 1 aromatic carbocycles. The molecule has 1 aliphatic rings. The van der Waals surface area contributed by atoms with Crippen molar-refractivity contribution < 1.29 is 0 Å². The molecule has 2 rings (SSSR count). The van der Waals surface area contributed by atoms with Crippen LogP contribution in [-0.4, -0.2) is 18.1 Å². The summed E-state index contributed by atoms with van der Waals surface area (Å²) in [5.74, 6) is 1.49. The maximum absolute atomic E-state index is 5.63. The van der Waals surface area contributed by atoms with Gasteiger partial charge in [-0.15, -0.1) is 0 Å². The fourth-order valence-electron chi connectivity index (χ4n) is 2.24. The predicted octanol–water partition coefficient (Wildman–Crippen LogP) is 3.18. The van der Waals surface area contributed by atoms with E-state index >= 15 is 0 Å². The Morgan fingerprint density at radius 1 is 1.35 bits per heavy atom. The van der Waals surface area contributed by atoms with Gasteiger partial charge in [-0.05, 0) is 46.0 Å². The third kappa shape index (κ3) is 2.63. The molecule has 0 aromatic heterocycles. The van der Waals surface area contributed by atoms with Crippen LogP contribution in [0, 0.1) is 11.8 Å². The molecule has 4 heteroatoms. The molecule has 0 radical (unpaired) electrons. The summed E-state index contributed by atoms with van der Waals surface area (Å²) in [6.45, 7) is 6.85. The Labute approximate surface area is 116 Å². The zero-order valence-corrected chi connectivity index (χ0v) is 12.5. The molecule has 2 unspecified atom stereocenters. The number of nitrogens with zero attached hydrogens (tertiary/aromatic N) is 1. The van der Waals surface area contributed by atoms with Gasteiger partial charge in [-0.1, -0.05) is 26.1 Å². The third-order valence-corrected chi connectivity index (χ3v) is 4.43. The summed E-state index contributed by atoms with van der Waals surface area (Å²) in [5.41, 5.74) is 7.78. The molecule has 0 saturated carbocycles. The summed E-state index contributed by atoms with van der Waals surface area (Å²) in [6.07, 6.45) is 0. The first kappa shape index (κ1) is 12.8. The van der Waals surface area contributed by atoms with E-state index in [1.54, 1.807) is 0 Å². The van der Waals surface area contributed by atoms with Crippen LogP contribution < -0.4 is 10.6 Å². The van der Waals surface area contributed by atoms with Crippen molar-refractivity contribution in [3.05, 3.63) is 28.2 Å². The number of benzene rings is 1. The van der Waals surface area contributed by atoms with Crippen molar-refractivity contribution in [2.75, 3.05) is 18.0 Å². The first-order valence-electron chi connectivity index (χ1n) is 5.83. The van der Waals surface area contributed by atoms with Crippen molar-refractivity contribution in [2.45, 2.75) is 13.8 Å². The second kappa shape index (κ2) is 4.94. The minimum atomic E-state index is 0.445.